The minimum Gasteiger partial charge on any atom is -0.325 e. The van der Waals surface area contributed by atoms with Gasteiger partial charge >= 0.3 is 0 Å². The van der Waals surface area contributed by atoms with Crippen molar-refractivity contribution in [1.82, 2.24) is 15.1 Å². The smallest absolute Gasteiger partial charge is 0.269 e. The van der Waals surface area contributed by atoms with Crippen LogP contribution < -0.4 is 10.6 Å². The molecule has 0 aliphatic carbocycles. The molecule has 194 valence electrons. The van der Waals surface area contributed by atoms with Gasteiger partial charge in [-0.05, 0) is 47.5 Å². The summed E-state index contributed by atoms with van der Waals surface area (Å²) in [5.74, 6) is -0.697. The number of aromatic nitrogens is 2. The molecule has 0 aliphatic rings. The molecule has 5 aromatic rings. The van der Waals surface area contributed by atoms with Crippen LogP contribution in [0.1, 0.15) is 5.56 Å². The van der Waals surface area contributed by atoms with Gasteiger partial charge in [0.05, 0.1) is 29.0 Å². The second kappa shape index (κ2) is 11.5. The number of benzene rings is 4. The van der Waals surface area contributed by atoms with Crippen LogP contribution in [0, 0.1) is 15.9 Å². The lowest BCUT2D eigenvalue weighted by Gasteiger charge is -2.12. The van der Waals surface area contributed by atoms with E-state index in [2.05, 4.69) is 15.7 Å². The van der Waals surface area contributed by atoms with Gasteiger partial charge in [0.1, 0.15) is 5.82 Å². The molecular weight excluding hydrogens is 497 g/mol. The Morgan fingerprint density at radius 2 is 1.54 bits per heavy atom. The fourth-order valence-corrected chi connectivity index (χ4v) is 4.26. The number of nitrogens with zero attached hydrogens (tertiary/aromatic N) is 3. The minimum atomic E-state index is -0.502. The van der Waals surface area contributed by atoms with Crippen LogP contribution in [0.4, 0.5) is 15.8 Å². The number of anilines is 1. The minimum absolute atomic E-state index is 0.0232. The number of hydrogen-bond acceptors (Lipinski definition) is 5. The normalized spacial score (nSPS) is 10.8. The predicted molar refractivity (Wildman–Crippen MR) is 148 cm³/mol. The van der Waals surface area contributed by atoms with Crippen LogP contribution in [0.3, 0.4) is 0 Å². The van der Waals surface area contributed by atoms with Crippen molar-refractivity contribution < 1.29 is 14.1 Å². The Morgan fingerprint density at radius 1 is 0.872 bits per heavy atom. The number of halogens is 1. The van der Waals surface area contributed by atoms with Crippen molar-refractivity contribution in [1.29, 1.82) is 0 Å². The highest BCUT2D eigenvalue weighted by Gasteiger charge is 2.18. The van der Waals surface area contributed by atoms with Crippen LogP contribution in [-0.2, 0) is 11.3 Å². The number of non-ortho nitro benzene ring substituents is 1. The van der Waals surface area contributed by atoms with Crippen molar-refractivity contribution in [3.8, 4) is 28.1 Å². The first-order chi connectivity index (χ1) is 19.0. The van der Waals surface area contributed by atoms with E-state index in [0.717, 1.165) is 22.4 Å². The SMILES string of the molecule is O=C(CNCc1cnn(-c2ccc(-c3ccccc3)cc2)c1-c1ccccc1F)Nc1ccc([N+](=O)[O-])cc1. The molecule has 0 saturated carbocycles. The van der Waals surface area contributed by atoms with Gasteiger partial charge in [0, 0.05) is 35.5 Å². The van der Waals surface area contributed by atoms with Crippen molar-refractivity contribution in [2.24, 2.45) is 0 Å². The van der Waals surface area contributed by atoms with Gasteiger partial charge in [-0.3, -0.25) is 14.9 Å². The fourth-order valence-electron chi connectivity index (χ4n) is 4.26. The summed E-state index contributed by atoms with van der Waals surface area (Å²) >= 11 is 0. The molecule has 2 N–H and O–H groups in total. The standard InChI is InChI=1S/C30H24FN5O3/c31-28-9-5-4-8-27(28)30-23(18-32-20-29(37)34-24-12-16-26(17-13-24)36(38)39)19-33-35(30)25-14-10-22(11-15-25)21-6-2-1-3-7-21/h1-17,19,32H,18,20H2,(H,34,37). The Hall–Kier alpha value is -5.15. The van der Waals surface area contributed by atoms with Crippen LogP contribution in [-0.4, -0.2) is 27.2 Å². The summed E-state index contributed by atoms with van der Waals surface area (Å²) in [7, 11) is 0. The van der Waals surface area contributed by atoms with E-state index >= 15 is 0 Å². The lowest BCUT2D eigenvalue weighted by atomic mass is 10.0. The van der Waals surface area contributed by atoms with E-state index in [4.69, 9.17) is 0 Å². The topological polar surface area (TPSA) is 102 Å². The lowest BCUT2D eigenvalue weighted by molar-refractivity contribution is -0.384. The number of amides is 1. The molecule has 8 nitrogen and oxygen atoms in total. The maximum Gasteiger partial charge on any atom is 0.269 e. The Morgan fingerprint density at radius 3 is 2.23 bits per heavy atom. The molecular formula is C30H24FN5O3. The van der Waals surface area contributed by atoms with Crippen molar-refractivity contribution in [3.63, 3.8) is 0 Å². The van der Waals surface area contributed by atoms with Gasteiger partial charge in [0.15, 0.2) is 0 Å². The fraction of sp³-hybridized carbons (Fsp3) is 0.0667. The summed E-state index contributed by atoms with van der Waals surface area (Å²) in [4.78, 5) is 22.7. The summed E-state index contributed by atoms with van der Waals surface area (Å²) in [5.41, 5.74) is 5.02. The molecule has 0 spiro atoms. The molecule has 5 rings (SSSR count). The van der Waals surface area contributed by atoms with Gasteiger partial charge in [-0.15, -0.1) is 0 Å². The third-order valence-corrected chi connectivity index (χ3v) is 6.16. The van der Waals surface area contributed by atoms with Gasteiger partial charge in [0.2, 0.25) is 5.91 Å². The number of nitro benzene ring substituents is 1. The van der Waals surface area contributed by atoms with Crippen molar-refractivity contribution >= 4 is 17.3 Å². The molecule has 0 saturated heterocycles. The highest BCUT2D eigenvalue weighted by atomic mass is 19.1. The molecule has 0 bridgehead atoms. The van der Waals surface area contributed by atoms with Gasteiger partial charge in [0.25, 0.3) is 5.69 Å². The number of carbonyl (C=O) groups excluding carboxylic acids is 1. The van der Waals surface area contributed by atoms with Gasteiger partial charge < -0.3 is 10.6 Å². The number of rotatable bonds is 9. The maximum atomic E-state index is 14.9. The van der Waals surface area contributed by atoms with E-state index in [-0.39, 0.29) is 30.5 Å². The van der Waals surface area contributed by atoms with Crippen LogP contribution in [0.5, 0.6) is 0 Å². The predicted octanol–water partition coefficient (Wildman–Crippen LogP) is 5.98. The molecule has 1 amide bonds. The molecule has 1 aromatic heterocycles. The Bertz CT molecular complexity index is 1600. The van der Waals surface area contributed by atoms with Crippen molar-refractivity contribution in [2.75, 3.05) is 11.9 Å². The second-order valence-corrected chi connectivity index (χ2v) is 8.78. The van der Waals surface area contributed by atoms with Crippen LogP contribution >= 0.6 is 0 Å². The average molecular weight is 522 g/mol. The quantitative estimate of drug-likeness (QED) is 0.183. The van der Waals surface area contributed by atoms with Gasteiger partial charge in [-0.2, -0.15) is 5.10 Å². The highest BCUT2D eigenvalue weighted by Crippen LogP contribution is 2.30. The van der Waals surface area contributed by atoms with Crippen molar-refractivity contribution in [2.45, 2.75) is 6.54 Å². The molecule has 0 aliphatic heterocycles. The lowest BCUT2D eigenvalue weighted by Crippen LogP contribution is -2.27. The van der Waals surface area contributed by atoms with E-state index in [1.165, 1.54) is 30.3 Å². The van der Waals surface area contributed by atoms with E-state index < -0.39 is 4.92 Å². The molecule has 4 aromatic carbocycles. The molecule has 39 heavy (non-hydrogen) atoms. The summed E-state index contributed by atoms with van der Waals surface area (Å²) in [5, 5.41) is 21.1. The third-order valence-electron chi connectivity index (χ3n) is 6.16. The Kier molecular flexibility index (Phi) is 7.51. The Balaban J connectivity index is 1.34. The number of carbonyl (C=O) groups is 1. The zero-order valence-electron chi connectivity index (χ0n) is 20.8. The molecule has 0 unspecified atom stereocenters. The number of hydrogen-bond donors (Lipinski definition) is 2. The molecule has 1 heterocycles. The van der Waals surface area contributed by atoms with E-state index in [9.17, 15) is 19.3 Å². The van der Waals surface area contributed by atoms with Gasteiger partial charge in [-0.25, -0.2) is 9.07 Å². The third kappa shape index (κ3) is 5.89. The maximum absolute atomic E-state index is 14.9. The zero-order valence-corrected chi connectivity index (χ0v) is 20.8. The number of nitrogens with one attached hydrogen (secondary N) is 2. The molecule has 0 fully saturated rings. The zero-order chi connectivity index (χ0) is 27.2. The Labute approximate surface area is 223 Å². The van der Waals surface area contributed by atoms with Gasteiger partial charge in [-0.1, -0.05) is 54.6 Å². The number of nitro groups is 1. The first kappa shape index (κ1) is 25.5. The van der Waals surface area contributed by atoms with Crippen LogP contribution in [0.25, 0.3) is 28.1 Å². The van der Waals surface area contributed by atoms with Crippen LogP contribution in [0.15, 0.2) is 109 Å². The molecule has 0 atom stereocenters. The largest absolute Gasteiger partial charge is 0.325 e. The summed E-state index contributed by atoms with van der Waals surface area (Å²) in [6.45, 7) is 0.240. The van der Waals surface area contributed by atoms with Crippen LogP contribution in [0.2, 0.25) is 0 Å². The van der Waals surface area contributed by atoms with E-state index in [1.807, 2.05) is 54.6 Å². The average Bonchev–Trinajstić information content (AvgIpc) is 3.37. The second-order valence-electron chi connectivity index (χ2n) is 8.78. The summed E-state index contributed by atoms with van der Waals surface area (Å²) < 4.78 is 16.6. The molecule has 9 heteroatoms. The van der Waals surface area contributed by atoms with E-state index in [1.54, 1.807) is 29.1 Å². The molecule has 0 radical (unpaired) electrons. The summed E-state index contributed by atoms with van der Waals surface area (Å²) in [6.07, 6.45) is 1.66. The van der Waals surface area contributed by atoms with E-state index in [0.29, 0.717) is 16.9 Å². The summed E-state index contributed by atoms with van der Waals surface area (Å²) in [6, 6.07) is 30.0. The first-order valence-corrected chi connectivity index (χ1v) is 12.2. The van der Waals surface area contributed by atoms with Crippen molar-refractivity contribution in [3.05, 3.63) is 131 Å². The monoisotopic (exact) mass is 521 g/mol. The first-order valence-electron chi connectivity index (χ1n) is 12.2. The highest BCUT2D eigenvalue weighted by molar-refractivity contribution is 5.92.